The summed E-state index contributed by atoms with van der Waals surface area (Å²) >= 11 is 0. The molecule has 0 radical (unpaired) electrons. The predicted molar refractivity (Wildman–Crippen MR) is 110 cm³/mol. The molecule has 30 heavy (non-hydrogen) atoms. The smallest absolute Gasteiger partial charge is 0.341 e. The van der Waals surface area contributed by atoms with Crippen LogP contribution >= 0.6 is 0 Å². The summed E-state index contributed by atoms with van der Waals surface area (Å²) in [5.41, 5.74) is 0.228. The highest BCUT2D eigenvalue weighted by Crippen LogP contribution is 2.32. The third-order valence-electron chi connectivity index (χ3n) is 5.11. The van der Waals surface area contributed by atoms with Crippen molar-refractivity contribution in [2.45, 2.75) is 6.54 Å². The van der Waals surface area contributed by atoms with Gasteiger partial charge in [0.2, 0.25) is 5.43 Å². The van der Waals surface area contributed by atoms with Gasteiger partial charge in [-0.15, -0.1) is 0 Å². The lowest BCUT2D eigenvalue weighted by Gasteiger charge is -2.27. The van der Waals surface area contributed by atoms with Crippen molar-refractivity contribution in [3.05, 3.63) is 51.8 Å². The van der Waals surface area contributed by atoms with E-state index >= 15 is 0 Å². The van der Waals surface area contributed by atoms with Crippen LogP contribution in [0.2, 0.25) is 0 Å². The van der Waals surface area contributed by atoms with Crippen LogP contribution in [0.4, 0.5) is 5.82 Å². The number of carboxylic acids is 1. The molecule has 0 saturated heterocycles. The summed E-state index contributed by atoms with van der Waals surface area (Å²) < 4.78 is 18.0. The number of aromatic nitrogens is 2. The van der Waals surface area contributed by atoms with Crippen LogP contribution < -0.4 is 24.5 Å². The highest BCUT2D eigenvalue weighted by atomic mass is 16.5. The van der Waals surface area contributed by atoms with Gasteiger partial charge in [0.15, 0.2) is 11.6 Å². The summed E-state index contributed by atoms with van der Waals surface area (Å²) in [7, 11) is 5.00. The van der Waals surface area contributed by atoms with E-state index in [-0.39, 0.29) is 17.5 Å². The number of carbonyl (C=O) groups is 1. The molecule has 0 spiro atoms. The molecule has 9 heteroatoms. The first-order chi connectivity index (χ1) is 14.4. The topological polar surface area (TPSA) is 103 Å². The highest BCUT2D eigenvalue weighted by Gasteiger charge is 2.23. The molecule has 1 aliphatic rings. The molecule has 2 aromatic heterocycles. The average molecular weight is 411 g/mol. The minimum atomic E-state index is -1.30. The molecule has 1 aromatic carbocycles. The van der Waals surface area contributed by atoms with E-state index in [1.807, 2.05) is 18.0 Å². The van der Waals surface area contributed by atoms with Crippen molar-refractivity contribution in [2.75, 3.05) is 39.3 Å². The monoisotopic (exact) mass is 411 g/mol. The van der Waals surface area contributed by atoms with Gasteiger partial charge in [0.05, 0.1) is 32.7 Å². The van der Waals surface area contributed by atoms with Crippen LogP contribution in [0, 0.1) is 0 Å². The summed E-state index contributed by atoms with van der Waals surface area (Å²) in [5, 5.41) is 9.74. The third-order valence-corrected chi connectivity index (χ3v) is 5.11. The van der Waals surface area contributed by atoms with Crippen molar-refractivity contribution in [3.8, 4) is 17.2 Å². The number of ether oxygens (including phenoxy) is 3. The fourth-order valence-corrected chi connectivity index (χ4v) is 3.50. The zero-order valence-corrected chi connectivity index (χ0v) is 16.8. The number of likely N-dealkylation sites (N-methyl/N-ethyl adjacent to an activating group) is 1. The van der Waals surface area contributed by atoms with Crippen LogP contribution in [0.1, 0.15) is 15.9 Å². The molecule has 0 aliphatic carbocycles. The molecule has 0 amide bonds. The van der Waals surface area contributed by atoms with E-state index in [0.717, 1.165) is 5.56 Å². The van der Waals surface area contributed by atoms with Gasteiger partial charge in [-0.05, 0) is 18.2 Å². The van der Waals surface area contributed by atoms with Crippen molar-refractivity contribution in [2.24, 2.45) is 0 Å². The first-order valence-corrected chi connectivity index (χ1v) is 9.29. The lowest BCUT2D eigenvalue weighted by atomic mass is 10.1. The Labute approximate surface area is 172 Å². The van der Waals surface area contributed by atoms with Crippen molar-refractivity contribution in [1.29, 1.82) is 0 Å². The van der Waals surface area contributed by atoms with Gasteiger partial charge in [0, 0.05) is 24.9 Å². The Balaban J connectivity index is 1.94. The minimum absolute atomic E-state index is 0.191. The molecule has 3 aromatic rings. The molecule has 0 bridgehead atoms. The third kappa shape index (κ3) is 3.28. The lowest BCUT2D eigenvalue weighted by molar-refractivity contribution is 0.0695. The van der Waals surface area contributed by atoms with Gasteiger partial charge in [0.1, 0.15) is 29.3 Å². The Morgan fingerprint density at radius 3 is 2.77 bits per heavy atom. The van der Waals surface area contributed by atoms with Gasteiger partial charge >= 0.3 is 5.97 Å². The quantitative estimate of drug-likeness (QED) is 0.680. The number of aromatic carboxylic acids is 1. The van der Waals surface area contributed by atoms with Crippen LogP contribution in [-0.4, -0.2) is 55.0 Å². The number of rotatable bonds is 5. The number of nitrogens with zero attached hydrogens (tertiary/aromatic N) is 3. The summed E-state index contributed by atoms with van der Waals surface area (Å²) in [6, 6.07) is 6.94. The van der Waals surface area contributed by atoms with Crippen molar-refractivity contribution < 1.29 is 24.1 Å². The second-order valence-corrected chi connectivity index (χ2v) is 6.93. The van der Waals surface area contributed by atoms with E-state index in [2.05, 4.69) is 4.98 Å². The number of anilines is 1. The molecular weight excluding hydrogens is 390 g/mol. The van der Waals surface area contributed by atoms with E-state index in [1.165, 1.54) is 6.20 Å². The second-order valence-electron chi connectivity index (χ2n) is 6.93. The Morgan fingerprint density at radius 2 is 2.07 bits per heavy atom. The van der Waals surface area contributed by atoms with Crippen LogP contribution in [-0.2, 0) is 6.54 Å². The zero-order chi connectivity index (χ0) is 21.4. The molecule has 1 N–H and O–H groups in total. The normalized spacial score (nSPS) is 13.0. The summed E-state index contributed by atoms with van der Waals surface area (Å²) in [5.74, 6) is 0.985. The molecule has 156 valence electrons. The maximum absolute atomic E-state index is 12.8. The van der Waals surface area contributed by atoms with Gasteiger partial charge in [-0.25, -0.2) is 9.78 Å². The predicted octanol–water partition coefficient (Wildman–Crippen LogP) is 1.99. The Hall–Kier alpha value is -3.75. The van der Waals surface area contributed by atoms with Crippen LogP contribution in [0.3, 0.4) is 0 Å². The standard InChI is InChI=1S/C21H21N3O6/c1-23-6-7-30-17-9-14-18(25)15(21(26)27)11-24(19(14)22-20(17)23)10-12-4-5-13(28-2)8-16(12)29-3/h4-5,8-9,11H,6-7,10H2,1-3H3,(H,26,27). The number of hydrogen-bond donors (Lipinski definition) is 1. The van der Waals surface area contributed by atoms with Gasteiger partial charge in [-0.2, -0.15) is 0 Å². The molecule has 0 unspecified atom stereocenters. The summed E-state index contributed by atoms with van der Waals surface area (Å²) in [4.78, 5) is 31.1. The fraction of sp³-hybridized carbons (Fsp3) is 0.286. The molecular formula is C21H21N3O6. The Morgan fingerprint density at radius 1 is 1.27 bits per heavy atom. The minimum Gasteiger partial charge on any atom is -0.497 e. The average Bonchev–Trinajstić information content (AvgIpc) is 2.75. The first kappa shape index (κ1) is 19.6. The molecule has 4 rings (SSSR count). The van der Waals surface area contributed by atoms with E-state index in [4.69, 9.17) is 14.2 Å². The Bertz CT molecular complexity index is 1200. The number of carboxylic acid groups (broad SMARTS) is 1. The summed E-state index contributed by atoms with van der Waals surface area (Å²) in [6.45, 7) is 1.38. The van der Waals surface area contributed by atoms with Gasteiger partial charge in [0.25, 0.3) is 0 Å². The van der Waals surface area contributed by atoms with Crippen LogP contribution in [0.5, 0.6) is 17.2 Å². The van der Waals surface area contributed by atoms with Gasteiger partial charge < -0.3 is 28.8 Å². The molecule has 0 fully saturated rings. The SMILES string of the molecule is COc1ccc(Cn2cc(C(=O)O)c(=O)c3cc4c(nc32)N(C)CCO4)c(OC)c1. The molecule has 3 heterocycles. The maximum atomic E-state index is 12.8. The van der Waals surface area contributed by atoms with E-state index in [0.29, 0.717) is 41.9 Å². The first-order valence-electron chi connectivity index (χ1n) is 9.29. The van der Waals surface area contributed by atoms with E-state index < -0.39 is 11.4 Å². The molecule has 0 atom stereocenters. The number of fused-ring (bicyclic) bond motifs is 2. The van der Waals surface area contributed by atoms with Gasteiger partial charge in [-0.1, -0.05) is 0 Å². The number of hydrogen-bond acceptors (Lipinski definition) is 7. The van der Waals surface area contributed by atoms with Gasteiger partial charge in [-0.3, -0.25) is 4.79 Å². The highest BCUT2D eigenvalue weighted by molar-refractivity contribution is 5.92. The molecule has 0 saturated carbocycles. The van der Waals surface area contributed by atoms with Crippen molar-refractivity contribution in [1.82, 2.24) is 9.55 Å². The van der Waals surface area contributed by atoms with E-state index in [1.54, 1.807) is 37.0 Å². The molecule has 9 nitrogen and oxygen atoms in total. The Kier molecular flexibility index (Phi) is 4.94. The lowest BCUT2D eigenvalue weighted by Crippen LogP contribution is -2.30. The maximum Gasteiger partial charge on any atom is 0.341 e. The van der Waals surface area contributed by atoms with E-state index in [9.17, 15) is 14.7 Å². The second kappa shape index (κ2) is 7.58. The fourth-order valence-electron chi connectivity index (χ4n) is 3.50. The molecule has 1 aliphatic heterocycles. The number of benzene rings is 1. The number of methoxy groups -OCH3 is 2. The largest absolute Gasteiger partial charge is 0.497 e. The van der Waals surface area contributed by atoms with Crippen LogP contribution in [0.25, 0.3) is 11.0 Å². The van der Waals surface area contributed by atoms with Crippen molar-refractivity contribution in [3.63, 3.8) is 0 Å². The zero-order valence-electron chi connectivity index (χ0n) is 16.8. The van der Waals surface area contributed by atoms with Crippen LogP contribution in [0.15, 0.2) is 35.3 Å². The summed E-state index contributed by atoms with van der Waals surface area (Å²) in [6.07, 6.45) is 1.32. The van der Waals surface area contributed by atoms with Crippen molar-refractivity contribution >= 4 is 22.8 Å². The number of pyridine rings is 2.